The molecule has 2 heterocycles. The van der Waals surface area contributed by atoms with Crippen LogP contribution in [0.1, 0.15) is 26.7 Å². The fraction of sp³-hybridized carbons (Fsp3) is 0.800. The summed E-state index contributed by atoms with van der Waals surface area (Å²) in [4.78, 5) is 33.6. The van der Waals surface area contributed by atoms with Gasteiger partial charge >= 0.3 is 0 Å². The molecule has 2 atom stereocenters. The molecule has 1 saturated heterocycles. The van der Waals surface area contributed by atoms with Crippen LogP contribution in [-0.2, 0) is 14.4 Å². The molecule has 1 aliphatic carbocycles. The van der Waals surface area contributed by atoms with Crippen LogP contribution in [0, 0.1) is 5.92 Å². The first-order chi connectivity index (χ1) is 10.5. The number of likely N-dealkylation sites (tertiary alicyclic amines) is 1. The van der Waals surface area contributed by atoms with Gasteiger partial charge in [-0.2, -0.15) is 0 Å². The summed E-state index contributed by atoms with van der Waals surface area (Å²) in [5.74, 6) is -0.146. The van der Waals surface area contributed by atoms with Gasteiger partial charge in [0, 0.05) is 18.6 Å². The molecule has 0 unspecified atom stereocenters. The van der Waals surface area contributed by atoms with E-state index in [0.717, 1.165) is 12.8 Å². The molecule has 2 fully saturated rings. The van der Waals surface area contributed by atoms with Gasteiger partial charge in [-0.3, -0.25) is 14.5 Å². The SMILES string of the molecule is CC(C)N(C)CC(=O)N1C[C@@H]2C(C(=O)NC3CC3)=NO[C@@H]2C1. The maximum absolute atomic E-state index is 12.3. The highest BCUT2D eigenvalue weighted by atomic mass is 16.6. The van der Waals surface area contributed by atoms with E-state index in [4.69, 9.17) is 4.84 Å². The van der Waals surface area contributed by atoms with Crippen molar-refractivity contribution in [3.05, 3.63) is 0 Å². The van der Waals surface area contributed by atoms with E-state index >= 15 is 0 Å². The van der Waals surface area contributed by atoms with Crippen molar-refractivity contribution in [3.63, 3.8) is 0 Å². The van der Waals surface area contributed by atoms with Crippen LogP contribution in [0.2, 0.25) is 0 Å². The number of oxime groups is 1. The number of hydrogen-bond acceptors (Lipinski definition) is 5. The zero-order chi connectivity index (χ0) is 15.9. The Bertz CT molecular complexity index is 501. The van der Waals surface area contributed by atoms with Crippen molar-refractivity contribution in [3.8, 4) is 0 Å². The zero-order valence-corrected chi connectivity index (χ0v) is 13.4. The molecule has 7 heteroatoms. The lowest BCUT2D eigenvalue weighted by Gasteiger charge is -2.24. The third kappa shape index (κ3) is 3.09. The van der Waals surface area contributed by atoms with Crippen LogP contribution in [0.4, 0.5) is 0 Å². The van der Waals surface area contributed by atoms with Crippen molar-refractivity contribution in [2.24, 2.45) is 11.1 Å². The number of amides is 2. The van der Waals surface area contributed by atoms with Crippen molar-refractivity contribution >= 4 is 17.5 Å². The molecule has 2 amide bonds. The van der Waals surface area contributed by atoms with Crippen molar-refractivity contribution in [1.82, 2.24) is 15.1 Å². The molecule has 0 bridgehead atoms. The van der Waals surface area contributed by atoms with Crippen LogP contribution in [0.5, 0.6) is 0 Å². The van der Waals surface area contributed by atoms with Crippen LogP contribution < -0.4 is 5.32 Å². The molecule has 0 aromatic heterocycles. The molecule has 1 N–H and O–H groups in total. The Labute approximate surface area is 130 Å². The van der Waals surface area contributed by atoms with Crippen molar-refractivity contribution in [2.75, 3.05) is 26.7 Å². The summed E-state index contributed by atoms with van der Waals surface area (Å²) in [5, 5.41) is 6.88. The van der Waals surface area contributed by atoms with E-state index in [1.807, 2.05) is 11.9 Å². The van der Waals surface area contributed by atoms with Gasteiger partial charge in [0.1, 0.15) is 0 Å². The van der Waals surface area contributed by atoms with Crippen LogP contribution in [0.15, 0.2) is 5.16 Å². The molecule has 3 rings (SSSR count). The van der Waals surface area contributed by atoms with Gasteiger partial charge in [0.05, 0.1) is 19.0 Å². The molecule has 1 saturated carbocycles. The standard InChI is InChI=1S/C15H24N4O3/c1-9(2)18(3)8-13(20)19-6-11-12(7-19)22-17-14(11)15(21)16-10-4-5-10/h9-12H,4-8H2,1-3H3,(H,16,21)/t11-,12+/m0/s1. The number of fused-ring (bicyclic) bond motifs is 1. The first kappa shape index (κ1) is 15.3. The molecular formula is C15H24N4O3. The first-order valence-electron chi connectivity index (χ1n) is 7.98. The molecule has 0 aromatic rings. The quantitative estimate of drug-likeness (QED) is 0.764. The Hall–Kier alpha value is -1.63. The highest BCUT2D eigenvalue weighted by Crippen LogP contribution is 2.28. The third-order valence-electron chi connectivity index (χ3n) is 4.67. The largest absolute Gasteiger partial charge is 0.389 e. The van der Waals surface area contributed by atoms with Gasteiger partial charge in [-0.05, 0) is 33.7 Å². The summed E-state index contributed by atoms with van der Waals surface area (Å²) in [5.41, 5.74) is 0.449. The maximum Gasteiger partial charge on any atom is 0.269 e. The van der Waals surface area contributed by atoms with Gasteiger partial charge in [0.2, 0.25) is 5.91 Å². The lowest BCUT2D eigenvalue weighted by atomic mass is 10.0. The monoisotopic (exact) mass is 308 g/mol. The number of nitrogens with zero attached hydrogens (tertiary/aromatic N) is 3. The number of rotatable bonds is 5. The molecule has 0 aromatic carbocycles. The molecule has 0 spiro atoms. The third-order valence-corrected chi connectivity index (χ3v) is 4.67. The first-order valence-corrected chi connectivity index (χ1v) is 7.98. The summed E-state index contributed by atoms with van der Waals surface area (Å²) < 4.78 is 0. The maximum atomic E-state index is 12.3. The molecule has 2 aliphatic heterocycles. The Morgan fingerprint density at radius 2 is 2.14 bits per heavy atom. The minimum Gasteiger partial charge on any atom is -0.389 e. The number of nitrogens with one attached hydrogen (secondary N) is 1. The zero-order valence-electron chi connectivity index (χ0n) is 13.4. The van der Waals surface area contributed by atoms with E-state index in [1.165, 1.54) is 0 Å². The summed E-state index contributed by atoms with van der Waals surface area (Å²) in [6, 6.07) is 0.622. The Morgan fingerprint density at radius 1 is 1.41 bits per heavy atom. The van der Waals surface area contributed by atoms with E-state index in [2.05, 4.69) is 24.3 Å². The van der Waals surface area contributed by atoms with Gasteiger partial charge in [-0.15, -0.1) is 0 Å². The minimum absolute atomic E-state index is 0.0798. The van der Waals surface area contributed by atoms with E-state index < -0.39 is 0 Å². The normalized spacial score (nSPS) is 27.0. The number of hydrogen-bond donors (Lipinski definition) is 1. The highest BCUT2D eigenvalue weighted by molar-refractivity contribution is 6.40. The lowest BCUT2D eigenvalue weighted by molar-refractivity contribution is -0.132. The van der Waals surface area contributed by atoms with E-state index in [0.29, 0.717) is 37.4 Å². The van der Waals surface area contributed by atoms with Crippen molar-refractivity contribution in [1.29, 1.82) is 0 Å². The lowest BCUT2D eigenvalue weighted by Crippen LogP contribution is -2.41. The Balaban J connectivity index is 1.56. The second kappa shape index (κ2) is 5.87. The van der Waals surface area contributed by atoms with Gasteiger partial charge in [-0.25, -0.2) is 0 Å². The fourth-order valence-electron chi connectivity index (χ4n) is 2.73. The van der Waals surface area contributed by atoms with Crippen LogP contribution in [0.3, 0.4) is 0 Å². The summed E-state index contributed by atoms with van der Waals surface area (Å²) in [6.07, 6.45) is 1.91. The highest BCUT2D eigenvalue weighted by Gasteiger charge is 2.46. The van der Waals surface area contributed by atoms with Gasteiger partial charge < -0.3 is 15.1 Å². The average molecular weight is 308 g/mol. The topological polar surface area (TPSA) is 74.2 Å². The molecular weight excluding hydrogens is 284 g/mol. The van der Waals surface area contributed by atoms with Crippen LogP contribution in [0.25, 0.3) is 0 Å². The number of likely N-dealkylation sites (N-methyl/N-ethyl adjacent to an activating group) is 1. The Morgan fingerprint density at radius 3 is 2.77 bits per heavy atom. The van der Waals surface area contributed by atoms with Gasteiger partial charge in [0.25, 0.3) is 5.91 Å². The summed E-state index contributed by atoms with van der Waals surface area (Å²) >= 11 is 0. The second-order valence-corrected chi connectivity index (χ2v) is 6.78. The Kier molecular flexibility index (Phi) is 4.08. The van der Waals surface area contributed by atoms with Crippen LogP contribution >= 0.6 is 0 Å². The summed E-state index contributed by atoms with van der Waals surface area (Å²) in [7, 11) is 1.94. The molecule has 0 radical (unpaired) electrons. The van der Waals surface area contributed by atoms with E-state index in [1.54, 1.807) is 4.90 Å². The van der Waals surface area contributed by atoms with Gasteiger partial charge in [0.15, 0.2) is 11.8 Å². The average Bonchev–Trinajstić information content (AvgIpc) is 3.01. The van der Waals surface area contributed by atoms with E-state index in [9.17, 15) is 9.59 Å². The van der Waals surface area contributed by atoms with Crippen molar-refractivity contribution in [2.45, 2.75) is 44.9 Å². The predicted molar refractivity (Wildman–Crippen MR) is 81.3 cm³/mol. The number of carbonyl (C=O) groups excluding carboxylic acids is 2. The molecule has 7 nitrogen and oxygen atoms in total. The smallest absolute Gasteiger partial charge is 0.269 e. The second-order valence-electron chi connectivity index (χ2n) is 6.78. The van der Waals surface area contributed by atoms with E-state index in [-0.39, 0.29) is 23.8 Å². The molecule has 3 aliphatic rings. The molecule has 22 heavy (non-hydrogen) atoms. The van der Waals surface area contributed by atoms with Gasteiger partial charge in [-0.1, -0.05) is 5.16 Å². The minimum atomic E-state index is -0.173. The fourth-order valence-corrected chi connectivity index (χ4v) is 2.73. The van der Waals surface area contributed by atoms with Crippen molar-refractivity contribution < 1.29 is 14.4 Å². The molecule has 122 valence electrons. The summed E-state index contributed by atoms with van der Waals surface area (Å²) in [6.45, 7) is 5.54. The number of carbonyl (C=O) groups is 2. The predicted octanol–water partition coefficient (Wildman–Crippen LogP) is -0.182. The van der Waals surface area contributed by atoms with Crippen LogP contribution in [-0.4, -0.2) is 72.2 Å².